The van der Waals surface area contributed by atoms with Gasteiger partial charge in [0.15, 0.2) is 0 Å². The van der Waals surface area contributed by atoms with Crippen LogP contribution in [0.2, 0.25) is 0 Å². The Morgan fingerprint density at radius 2 is 2.19 bits per heavy atom. The Hall–Kier alpha value is -1.53. The molecule has 2 aromatic rings. The van der Waals surface area contributed by atoms with Gasteiger partial charge in [-0.3, -0.25) is 4.98 Å². The number of pyridine rings is 1. The van der Waals surface area contributed by atoms with Crippen LogP contribution in [0.5, 0.6) is 5.75 Å². The largest absolute Gasteiger partial charge is 0.495 e. The summed E-state index contributed by atoms with van der Waals surface area (Å²) in [7, 11) is 1.68. The lowest BCUT2D eigenvalue weighted by molar-refractivity contribution is 0.400. The maximum Gasteiger partial charge on any atom is 0.142 e. The van der Waals surface area contributed by atoms with Crippen LogP contribution in [0, 0.1) is 0 Å². The Bertz CT molecular complexity index is 558. The van der Waals surface area contributed by atoms with Crippen LogP contribution in [0.25, 0.3) is 0 Å². The maximum absolute atomic E-state index is 5.47. The van der Waals surface area contributed by atoms with Crippen molar-refractivity contribution in [2.45, 2.75) is 39.2 Å². The van der Waals surface area contributed by atoms with Gasteiger partial charge < -0.3 is 10.1 Å². The fourth-order valence-corrected chi connectivity index (χ4v) is 3.02. The van der Waals surface area contributed by atoms with Gasteiger partial charge in [0.25, 0.3) is 0 Å². The first-order valence-corrected chi connectivity index (χ1v) is 8.12. The average Bonchev–Trinajstić information content (AvgIpc) is 2.97. The molecule has 0 spiro atoms. The van der Waals surface area contributed by atoms with Crippen LogP contribution in [-0.4, -0.2) is 28.2 Å². The van der Waals surface area contributed by atoms with Gasteiger partial charge in [0, 0.05) is 6.20 Å². The molecule has 0 aliphatic carbocycles. The lowest BCUT2D eigenvalue weighted by Crippen LogP contribution is -2.24. The summed E-state index contributed by atoms with van der Waals surface area (Å²) in [6.45, 7) is 5.21. The molecular weight excluding hydrogens is 284 g/mol. The van der Waals surface area contributed by atoms with E-state index >= 15 is 0 Å². The van der Waals surface area contributed by atoms with Gasteiger partial charge in [0.1, 0.15) is 11.4 Å². The van der Waals surface area contributed by atoms with E-state index < -0.39 is 0 Å². The molecule has 1 atom stereocenters. The molecule has 0 aliphatic rings. The number of aryl methyl sites for hydroxylation is 1. The summed E-state index contributed by atoms with van der Waals surface area (Å²) >= 11 is 1.44. The van der Waals surface area contributed by atoms with Gasteiger partial charge >= 0.3 is 0 Å². The second kappa shape index (κ2) is 8.05. The van der Waals surface area contributed by atoms with Crippen LogP contribution in [0.1, 0.15) is 49.0 Å². The standard InChI is InChI=1S/C15H22N4OS/c1-4-7-11-15(21-19-18-11)14(16-9-5-2)13-12(20-3)8-6-10-17-13/h6,8,10,14,16H,4-5,7,9H2,1-3H3. The Morgan fingerprint density at radius 3 is 2.90 bits per heavy atom. The fraction of sp³-hybridized carbons (Fsp3) is 0.533. The highest BCUT2D eigenvalue weighted by Gasteiger charge is 2.24. The van der Waals surface area contributed by atoms with E-state index in [2.05, 4.69) is 33.7 Å². The maximum atomic E-state index is 5.47. The SMILES string of the molecule is CCCNC(c1ncccc1OC)c1snnc1CCC. The van der Waals surface area contributed by atoms with Crippen LogP contribution in [0.4, 0.5) is 0 Å². The van der Waals surface area contributed by atoms with Crippen molar-refractivity contribution in [3.63, 3.8) is 0 Å². The van der Waals surface area contributed by atoms with Crippen molar-refractivity contribution >= 4 is 11.5 Å². The molecule has 0 aliphatic heterocycles. The van der Waals surface area contributed by atoms with Crippen LogP contribution < -0.4 is 10.1 Å². The van der Waals surface area contributed by atoms with Crippen molar-refractivity contribution in [3.8, 4) is 5.75 Å². The number of aromatic nitrogens is 3. The van der Waals surface area contributed by atoms with Gasteiger partial charge in [-0.25, -0.2) is 0 Å². The van der Waals surface area contributed by atoms with Gasteiger partial charge in [-0.1, -0.05) is 24.8 Å². The van der Waals surface area contributed by atoms with Crippen LogP contribution in [-0.2, 0) is 6.42 Å². The molecule has 2 rings (SSSR count). The quantitative estimate of drug-likeness (QED) is 0.812. The fourth-order valence-electron chi connectivity index (χ4n) is 2.24. The van der Waals surface area contributed by atoms with E-state index in [-0.39, 0.29) is 6.04 Å². The molecule has 2 aromatic heterocycles. The second-order valence-corrected chi connectivity index (χ2v) is 5.60. The summed E-state index contributed by atoms with van der Waals surface area (Å²) in [6.07, 6.45) is 4.84. The van der Waals surface area contributed by atoms with Gasteiger partial charge in [-0.2, -0.15) is 0 Å². The normalized spacial score (nSPS) is 12.3. The van der Waals surface area contributed by atoms with Crippen molar-refractivity contribution < 1.29 is 4.74 Å². The minimum atomic E-state index is -0.0114. The molecule has 114 valence electrons. The molecule has 1 N–H and O–H groups in total. The van der Waals surface area contributed by atoms with Gasteiger partial charge in [-0.05, 0) is 43.1 Å². The number of rotatable bonds is 8. The molecule has 1 unspecified atom stereocenters. The van der Waals surface area contributed by atoms with E-state index in [1.807, 2.05) is 12.1 Å². The highest BCUT2D eigenvalue weighted by molar-refractivity contribution is 7.05. The van der Waals surface area contributed by atoms with E-state index in [0.29, 0.717) is 0 Å². The Morgan fingerprint density at radius 1 is 1.33 bits per heavy atom. The smallest absolute Gasteiger partial charge is 0.142 e. The Kier molecular flexibility index (Phi) is 6.07. The third-order valence-electron chi connectivity index (χ3n) is 3.23. The first kappa shape index (κ1) is 15.9. The average molecular weight is 306 g/mol. The summed E-state index contributed by atoms with van der Waals surface area (Å²) < 4.78 is 9.60. The topological polar surface area (TPSA) is 59.9 Å². The number of ether oxygens (including phenoxy) is 1. The minimum Gasteiger partial charge on any atom is -0.495 e. The van der Waals surface area contributed by atoms with Gasteiger partial charge in [0.05, 0.1) is 23.7 Å². The van der Waals surface area contributed by atoms with E-state index in [1.165, 1.54) is 11.5 Å². The zero-order valence-corrected chi connectivity index (χ0v) is 13.6. The van der Waals surface area contributed by atoms with E-state index in [0.717, 1.165) is 47.8 Å². The highest BCUT2D eigenvalue weighted by atomic mass is 32.1. The number of hydrogen-bond donors (Lipinski definition) is 1. The third-order valence-corrected chi connectivity index (χ3v) is 4.06. The minimum absolute atomic E-state index is 0.0114. The molecule has 0 radical (unpaired) electrons. The molecular formula is C15H22N4OS. The highest BCUT2D eigenvalue weighted by Crippen LogP contribution is 2.31. The van der Waals surface area contributed by atoms with Crippen molar-refractivity contribution in [1.82, 2.24) is 19.9 Å². The predicted molar refractivity (Wildman–Crippen MR) is 84.8 cm³/mol. The van der Waals surface area contributed by atoms with Gasteiger partial charge in [0.2, 0.25) is 0 Å². The van der Waals surface area contributed by atoms with E-state index in [1.54, 1.807) is 13.3 Å². The summed E-state index contributed by atoms with van der Waals surface area (Å²) in [5, 5.41) is 7.83. The van der Waals surface area contributed by atoms with Crippen LogP contribution in [0.3, 0.4) is 0 Å². The Labute approximate surface area is 129 Å². The lowest BCUT2D eigenvalue weighted by atomic mass is 10.1. The molecule has 0 saturated heterocycles. The predicted octanol–water partition coefficient (Wildman–Crippen LogP) is 2.98. The molecule has 5 nitrogen and oxygen atoms in total. The van der Waals surface area contributed by atoms with Crippen molar-refractivity contribution in [2.24, 2.45) is 0 Å². The molecule has 2 heterocycles. The van der Waals surface area contributed by atoms with Crippen molar-refractivity contribution in [2.75, 3.05) is 13.7 Å². The molecule has 0 fully saturated rings. The van der Waals surface area contributed by atoms with Crippen LogP contribution in [0.15, 0.2) is 18.3 Å². The Balaban J connectivity index is 2.40. The number of nitrogens with one attached hydrogen (secondary N) is 1. The summed E-state index contributed by atoms with van der Waals surface area (Å²) in [6, 6.07) is 3.82. The second-order valence-electron chi connectivity index (χ2n) is 4.81. The number of nitrogens with zero attached hydrogens (tertiary/aromatic N) is 3. The zero-order valence-electron chi connectivity index (χ0n) is 12.8. The van der Waals surface area contributed by atoms with Crippen LogP contribution >= 0.6 is 11.5 Å². The zero-order chi connectivity index (χ0) is 15.1. The number of methoxy groups -OCH3 is 1. The third kappa shape index (κ3) is 3.77. The van der Waals surface area contributed by atoms with Gasteiger partial charge in [-0.15, -0.1) is 5.10 Å². The summed E-state index contributed by atoms with van der Waals surface area (Å²) in [4.78, 5) is 5.66. The molecule has 21 heavy (non-hydrogen) atoms. The summed E-state index contributed by atoms with van der Waals surface area (Å²) in [5.74, 6) is 0.793. The molecule has 0 bridgehead atoms. The first-order chi connectivity index (χ1) is 10.3. The number of hydrogen-bond acceptors (Lipinski definition) is 6. The van der Waals surface area contributed by atoms with Crippen molar-refractivity contribution in [3.05, 3.63) is 34.6 Å². The lowest BCUT2D eigenvalue weighted by Gasteiger charge is -2.19. The molecule has 0 amide bonds. The molecule has 0 saturated carbocycles. The summed E-state index contributed by atoms with van der Waals surface area (Å²) in [5.41, 5.74) is 1.96. The molecule has 0 aromatic carbocycles. The van der Waals surface area contributed by atoms with E-state index in [9.17, 15) is 0 Å². The first-order valence-electron chi connectivity index (χ1n) is 7.35. The monoisotopic (exact) mass is 306 g/mol. The van der Waals surface area contributed by atoms with E-state index in [4.69, 9.17) is 4.74 Å². The van der Waals surface area contributed by atoms with Crippen molar-refractivity contribution in [1.29, 1.82) is 0 Å². The molecule has 6 heteroatoms.